The highest BCUT2D eigenvalue weighted by molar-refractivity contribution is 9.10. The predicted octanol–water partition coefficient (Wildman–Crippen LogP) is 4.09. The number of aromatic nitrogens is 2. The van der Waals surface area contributed by atoms with Gasteiger partial charge < -0.3 is 10.2 Å². The van der Waals surface area contributed by atoms with Gasteiger partial charge in [0.1, 0.15) is 11.5 Å². The van der Waals surface area contributed by atoms with E-state index in [9.17, 15) is 0 Å². The summed E-state index contributed by atoms with van der Waals surface area (Å²) in [7, 11) is 0. The summed E-state index contributed by atoms with van der Waals surface area (Å²) in [6.45, 7) is 4.11. The van der Waals surface area contributed by atoms with Crippen LogP contribution in [-0.2, 0) is 0 Å². The Kier molecular flexibility index (Phi) is 3.14. The lowest BCUT2D eigenvalue weighted by Gasteiger charge is -2.08. The number of rotatable bonds is 2. The van der Waals surface area contributed by atoms with E-state index in [0.717, 1.165) is 11.3 Å². The van der Waals surface area contributed by atoms with Crippen molar-refractivity contribution in [1.29, 1.82) is 0 Å². The SMILES string of the molecule is Cc1ccc(-n2nc(-c3ccc(Br)o3)cc2N)c(C)c1. The van der Waals surface area contributed by atoms with Crippen LogP contribution in [0, 0.1) is 13.8 Å². The molecule has 3 aromatic rings. The second-order valence-electron chi connectivity index (χ2n) is 4.76. The first-order chi connectivity index (χ1) is 9.54. The highest BCUT2D eigenvalue weighted by atomic mass is 79.9. The smallest absolute Gasteiger partial charge is 0.169 e. The molecule has 102 valence electrons. The molecule has 0 aliphatic rings. The Morgan fingerprint density at radius 3 is 2.60 bits per heavy atom. The maximum Gasteiger partial charge on any atom is 0.169 e. The average molecular weight is 332 g/mol. The molecule has 0 saturated heterocycles. The molecule has 20 heavy (non-hydrogen) atoms. The molecule has 5 heteroatoms. The van der Waals surface area contributed by atoms with E-state index in [2.05, 4.69) is 34.0 Å². The number of anilines is 1. The molecule has 2 aromatic heterocycles. The van der Waals surface area contributed by atoms with E-state index < -0.39 is 0 Å². The van der Waals surface area contributed by atoms with Gasteiger partial charge in [-0.2, -0.15) is 5.10 Å². The Morgan fingerprint density at radius 1 is 1.15 bits per heavy atom. The molecule has 0 radical (unpaired) electrons. The van der Waals surface area contributed by atoms with Gasteiger partial charge in [0.15, 0.2) is 10.4 Å². The molecule has 0 aliphatic carbocycles. The molecule has 0 unspecified atom stereocenters. The molecular formula is C15H14BrN3O. The summed E-state index contributed by atoms with van der Waals surface area (Å²) in [4.78, 5) is 0. The highest BCUT2D eigenvalue weighted by Gasteiger charge is 2.13. The molecule has 0 saturated carbocycles. The molecule has 0 bridgehead atoms. The third-order valence-electron chi connectivity index (χ3n) is 3.14. The van der Waals surface area contributed by atoms with Crippen molar-refractivity contribution >= 4 is 21.7 Å². The summed E-state index contributed by atoms with van der Waals surface area (Å²) in [5, 5.41) is 4.53. The van der Waals surface area contributed by atoms with E-state index in [1.54, 1.807) is 4.68 Å². The summed E-state index contributed by atoms with van der Waals surface area (Å²) >= 11 is 3.29. The van der Waals surface area contributed by atoms with Crippen molar-refractivity contribution in [2.75, 3.05) is 5.73 Å². The summed E-state index contributed by atoms with van der Waals surface area (Å²) in [6, 6.07) is 11.7. The largest absolute Gasteiger partial charge is 0.448 e. The van der Waals surface area contributed by atoms with Gasteiger partial charge in [-0.1, -0.05) is 17.7 Å². The number of furan rings is 1. The molecule has 2 N–H and O–H groups in total. The highest BCUT2D eigenvalue weighted by Crippen LogP contribution is 2.27. The van der Waals surface area contributed by atoms with Crippen LogP contribution in [0.15, 0.2) is 45.5 Å². The number of nitrogens with two attached hydrogens (primary N) is 1. The van der Waals surface area contributed by atoms with E-state index >= 15 is 0 Å². The van der Waals surface area contributed by atoms with Crippen molar-refractivity contribution in [2.45, 2.75) is 13.8 Å². The van der Waals surface area contributed by atoms with Crippen LogP contribution in [-0.4, -0.2) is 9.78 Å². The minimum atomic E-state index is 0.583. The van der Waals surface area contributed by atoms with Crippen molar-refractivity contribution in [3.05, 3.63) is 52.2 Å². The summed E-state index contributed by atoms with van der Waals surface area (Å²) in [5.74, 6) is 1.27. The molecule has 0 amide bonds. The Morgan fingerprint density at radius 2 is 1.95 bits per heavy atom. The van der Waals surface area contributed by atoms with Gasteiger partial charge in [0.25, 0.3) is 0 Å². The van der Waals surface area contributed by atoms with Gasteiger partial charge in [0.2, 0.25) is 0 Å². The standard InChI is InChI=1S/C15H14BrN3O/c1-9-3-4-12(10(2)7-9)19-15(17)8-11(18-19)13-5-6-14(16)20-13/h3-8H,17H2,1-2H3. The minimum Gasteiger partial charge on any atom is -0.448 e. The van der Waals surface area contributed by atoms with Crippen molar-refractivity contribution in [3.8, 4) is 17.1 Å². The van der Waals surface area contributed by atoms with Gasteiger partial charge in [-0.3, -0.25) is 0 Å². The van der Waals surface area contributed by atoms with Gasteiger partial charge in [0, 0.05) is 6.07 Å². The Hall–Kier alpha value is -2.01. The maximum atomic E-state index is 6.07. The zero-order chi connectivity index (χ0) is 14.3. The molecule has 4 nitrogen and oxygen atoms in total. The normalized spacial score (nSPS) is 10.9. The van der Waals surface area contributed by atoms with Crippen LogP contribution in [0.2, 0.25) is 0 Å². The first-order valence-corrected chi connectivity index (χ1v) is 7.03. The number of nitrogen functional groups attached to an aromatic ring is 1. The number of hydrogen-bond acceptors (Lipinski definition) is 3. The van der Waals surface area contributed by atoms with Gasteiger partial charge >= 0.3 is 0 Å². The van der Waals surface area contributed by atoms with Gasteiger partial charge in [-0.25, -0.2) is 4.68 Å². The van der Waals surface area contributed by atoms with Crippen LogP contribution in [0.3, 0.4) is 0 Å². The first kappa shape index (κ1) is 13.0. The molecule has 2 heterocycles. The maximum absolute atomic E-state index is 6.07. The quantitative estimate of drug-likeness (QED) is 0.769. The lowest BCUT2D eigenvalue weighted by molar-refractivity contribution is 0.553. The third kappa shape index (κ3) is 2.25. The van der Waals surface area contributed by atoms with E-state index in [-0.39, 0.29) is 0 Å². The Bertz CT molecular complexity index is 773. The number of benzene rings is 1. The van der Waals surface area contributed by atoms with Crippen LogP contribution in [0.5, 0.6) is 0 Å². The summed E-state index contributed by atoms with van der Waals surface area (Å²) in [6.07, 6.45) is 0. The van der Waals surface area contributed by atoms with E-state index in [0.29, 0.717) is 21.9 Å². The van der Waals surface area contributed by atoms with Gasteiger partial charge in [0.05, 0.1) is 5.69 Å². The molecule has 3 rings (SSSR count). The fourth-order valence-corrected chi connectivity index (χ4v) is 2.51. The van der Waals surface area contributed by atoms with Crippen LogP contribution < -0.4 is 5.73 Å². The Labute approximate surface area is 125 Å². The second kappa shape index (κ2) is 4.83. The van der Waals surface area contributed by atoms with Crippen molar-refractivity contribution in [3.63, 3.8) is 0 Å². The summed E-state index contributed by atoms with van der Waals surface area (Å²) in [5.41, 5.74) is 10.1. The molecular weight excluding hydrogens is 318 g/mol. The van der Waals surface area contributed by atoms with Crippen LogP contribution in [0.1, 0.15) is 11.1 Å². The molecule has 0 atom stereocenters. The van der Waals surface area contributed by atoms with Gasteiger partial charge in [-0.05, 0) is 53.5 Å². The Balaban J connectivity index is 2.09. The van der Waals surface area contributed by atoms with E-state index in [1.165, 1.54) is 5.56 Å². The second-order valence-corrected chi connectivity index (χ2v) is 5.54. The minimum absolute atomic E-state index is 0.583. The predicted molar refractivity (Wildman–Crippen MR) is 82.9 cm³/mol. The lowest BCUT2D eigenvalue weighted by Crippen LogP contribution is -2.03. The fourth-order valence-electron chi connectivity index (χ4n) is 2.20. The van der Waals surface area contributed by atoms with E-state index in [4.69, 9.17) is 10.2 Å². The van der Waals surface area contributed by atoms with Gasteiger partial charge in [-0.15, -0.1) is 0 Å². The fraction of sp³-hybridized carbons (Fsp3) is 0.133. The topological polar surface area (TPSA) is 57.0 Å². The monoisotopic (exact) mass is 331 g/mol. The molecule has 0 fully saturated rings. The molecule has 0 aliphatic heterocycles. The number of nitrogens with zero attached hydrogens (tertiary/aromatic N) is 2. The first-order valence-electron chi connectivity index (χ1n) is 6.23. The van der Waals surface area contributed by atoms with Crippen molar-refractivity contribution in [2.24, 2.45) is 0 Å². The zero-order valence-corrected chi connectivity index (χ0v) is 12.8. The van der Waals surface area contributed by atoms with Crippen LogP contribution in [0.4, 0.5) is 5.82 Å². The summed E-state index contributed by atoms with van der Waals surface area (Å²) < 4.78 is 7.92. The molecule has 0 spiro atoms. The third-order valence-corrected chi connectivity index (χ3v) is 3.57. The molecule has 1 aromatic carbocycles. The van der Waals surface area contributed by atoms with Crippen LogP contribution in [0.25, 0.3) is 17.1 Å². The van der Waals surface area contributed by atoms with Crippen molar-refractivity contribution < 1.29 is 4.42 Å². The van der Waals surface area contributed by atoms with E-state index in [1.807, 2.05) is 37.3 Å². The van der Waals surface area contributed by atoms with Crippen molar-refractivity contribution in [1.82, 2.24) is 9.78 Å². The number of aryl methyl sites for hydroxylation is 2. The lowest BCUT2D eigenvalue weighted by atomic mass is 10.1. The number of halogens is 1. The van der Waals surface area contributed by atoms with Crippen LogP contribution >= 0.6 is 15.9 Å². The zero-order valence-electron chi connectivity index (χ0n) is 11.2. The number of hydrogen-bond donors (Lipinski definition) is 1. The average Bonchev–Trinajstić information content (AvgIpc) is 2.96.